The van der Waals surface area contributed by atoms with Gasteiger partial charge in [0.15, 0.2) is 11.5 Å². The number of ether oxygens (including phenoxy) is 2. The Morgan fingerprint density at radius 1 is 1.06 bits per heavy atom. The summed E-state index contributed by atoms with van der Waals surface area (Å²) in [5.41, 5.74) is 4.11. The number of carbonyl (C=O) groups excluding carboxylic acids is 1. The molecule has 174 valence electrons. The van der Waals surface area contributed by atoms with Gasteiger partial charge in [0, 0.05) is 10.2 Å². The number of nitriles is 1. The molecule has 0 aliphatic carbocycles. The molecule has 0 fully saturated rings. The molecule has 0 heterocycles. The number of anilines is 1. The van der Waals surface area contributed by atoms with E-state index in [2.05, 4.69) is 21.2 Å². The zero-order chi connectivity index (χ0) is 24.7. The van der Waals surface area contributed by atoms with Crippen LogP contribution in [-0.2, 0) is 11.4 Å². The van der Waals surface area contributed by atoms with Gasteiger partial charge >= 0.3 is 0 Å². The predicted octanol–water partition coefficient (Wildman–Crippen LogP) is 6.73. The first-order chi connectivity index (χ1) is 16.3. The molecule has 0 aromatic heterocycles. The normalized spacial score (nSPS) is 11.0. The van der Waals surface area contributed by atoms with Crippen molar-refractivity contribution >= 4 is 33.6 Å². The summed E-state index contributed by atoms with van der Waals surface area (Å²) in [5.74, 6) is 0.124. The summed E-state index contributed by atoms with van der Waals surface area (Å²) in [4.78, 5) is 12.7. The third kappa shape index (κ3) is 6.46. The number of amides is 1. The number of halogens is 2. The highest BCUT2D eigenvalue weighted by Gasteiger charge is 2.15. The molecule has 7 heteroatoms. The van der Waals surface area contributed by atoms with E-state index in [1.165, 1.54) is 18.2 Å². The van der Waals surface area contributed by atoms with Crippen molar-refractivity contribution in [3.63, 3.8) is 0 Å². The maximum Gasteiger partial charge on any atom is 0.266 e. The summed E-state index contributed by atoms with van der Waals surface area (Å²) in [6.07, 6.45) is 1.49. The van der Waals surface area contributed by atoms with E-state index in [9.17, 15) is 14.4 Å². The van der Waals surface area contributed by atoms with Gasteiger partial charge in [-0.1, -0.05) is 34.1 Å². The predicted molar refractivity (Wildman–Crippen MR) is 134 cm³/mol. The minimum atomic E-state index is -0.507. The molecule has 0 spiro atoms. The van der Waals surface area contributed by atoms with Gasteiger partial charge < -0.3 is 14.8 Å². The average molecular weight is 523 g/mol. The molecule has 3 rings (SSSR count). The van der Waals surface area contributed by atoms with Gasteiger partial charge in [-0.3, -0.25) is 4.79 Å². The van der Waals surface area contributed by atoms with Crippen molar-refractivity contribution in [2.75, 3.05) is 11.9 Å². The van der Waals surface area contributed by atoms with Gasteiger partial charge in [-0.05, 0) is 85.5 Å². The van der Waals surface area contributed by atoms with Crippen molar-refractivity contribution in [1.29, 1.82) is 5.26 Å². The molecule has 1 amide bonds. The first-order valence-electron chi connectivity index (χ1n) is 10.6. The van der Waals surface area contributed by atoms with E-state index in [1.54, 1.807) is 30.3 Å². The first kappa shape index (κ1) is 25.0. The standard InChI is InChI=1S/C27H24BrFN2O3/c1-4-33-25-13-20(24(28)14-26(25)34-16-19-6-8-22(29)9-7-19)12-21(15-30)27(32)31-23-10-5-17(2)18(3)11-23/h5-14H,4,16H2,1-3H3,(H,31,32)/b21-12+. The maximum absolute atomic E-state index is 13.1. The van der Waals surface area contributed by atoms with Crippen LogP contribution in [0.25, 0.3) is 6.08 Å². The second kappa shape index (κ2) is 11.5. The van der Waals surface area contributed by atoms with Crippen LogP contribution in [0.3, 0.4) is 0 Å². The highest BCUT2D eigenvalue weighted by atomic mass is 79.9. The Morgan fingerprint density at radius 2 is 1.76 bits per heavy atom. The van der Waals surface area contributed by atoms with Gasteiger partial charge in [-0.25, -0.2) is 4.39 Å². The van der Waals surface area contributed by atoms with Crippen molar-refractivity contribution in [3.05, 3.63) is 92.7 Å². The third-order valence-electron chi connectivity index (χ3n) is 5.10. The second-order valence-corrected chi connectivity index (χ2v) is 8.45. The molecule has 0 atom stereocenters. The molecule has 3 aromatic rings. The highest BCUT2D eigenvalue weighted by molar-refractivity contribution is 9.10. The minimum absolute atomic E-state index is 0.0543. The van der Waals surface area contributed by atoms with Crippen molar-refractivity contribution < 1.29 is 18.7 Å². The summed E-state index contributed by atoms with van der Waals surface area (Å²) in [6.45, 7) is 6.42. The Hall–Kier alpha value is -3.63. The van der Waals surface area contributed by atoms with E-state index in [0.29, 0.717) is 33.8 Å². The Balaban J connectivity index is 1.84. The van der Waals surface area contributed by atoms with Crippen LogP contribution in [0, 0.1) is 31.0 Å². The largest absolute Gasteiger partial charge is 0.490 e. The fourth-order valence-corrected chi connectivity index (χ4v) is 3.54. The molecule has 0 aliphatic rings. The number of hydrogen-bond donors (Lipinski definition) is 1. The van der Waals surface area contributed by atoms with Gasteiger partial charge in [0.2, 0.25) is 0 Å². The van der Waals surface area contributed by atoms with Crippen LogP contribution in [0.4, 0.5) is 10.1 Å². The van der Waals surface area contributed by atoms with Crippen LogP contribution >= 0.6 is 15.9 Å². The van der Waals surface area contributed by atoms with Crippen LogP contribution in [0.5, 0.6) is 11.5 Å². The Kier molecular flexibility index (Phi) is 8.44. The minimum Gasteiger partial charge on any atom is -0.490 e. The SMILES string of the molecule is CCOc1cc(/C=C(\C#N)C(=O)Nc2ccc(C)c(C)c2)c(Br)cc1OCc1ccc(F)cc1. The van der Waals surface area contributed by atoms with Crippen LogP contribution in [-0.4, -0.2) is 12.5 Å². The van der Waals surface area contributed by atoms with Crippen molar-refractivity contribution in [2.24, 2.45) is 0 Å². The van der Waals surface area contributed by atoms with Crippen molar-refractivity contribution in [2.45, 2.75) is 27.4 Å². The topological polar surface area (TPSA) is 71.3 Å². The van der Waals surface area contributed by atoms with E-state index in [1.807, 2.05) is 39.0 Å². The molecular weight excluding hydrogens is 499 g/mol. The Morgan fingerprint density at radius 3 is 2.41 bits per heavy atom. The van der Waals surface area contributed by atoms with E-state index < -0.39 is 5.91 Å². The van der Waals surface area contributed by atoms with Crippen LogP contribution in [0.1, 0.15) is 29.2 Å². The number of hydrogen-bond acceptors (Lipinski definition) is 4. The molecule has 34 heavy (non-hydrogen) atoms. The van der Waals surface area contributed by atoms with Gasteiger partial charge in [-0.2, -0.15) is 5.26 Å². The van der Waals surface area contributed by atoms with Crippen molar-refractivity contribution in [3.8, 4) is 17.6 Å². The molecule has 0 saturated carbocycles. The number of carbonyl (C=O) groups is 1. The zero-order valence-electron chi connectivity index (χ0n) is 19.1. The quantitative estimate of drug-likeness (QED) is 0.263. The summed E-state index contributed by atoms with van der Waals surface area (Å²) in [5, 5.41) is 12.4. The van der Waals surface area contributed by atoms with Crippen LogP contribution < -0.4 is 14.8 Å². The van der Waals surface area contributed by atoms with Crippen LogP contribution in [0.15, 0.2) is 64.6 Å². The van der Waals surface area contributed by atoms with Crippen molar-refractivity contribution in [1.82, 2.24) is 0 Å². The molecule has 5 nitrogen and oxygen atoms in total. The van der Waals surface area contributed by atoms with E-state index >= 15 is 0 Å². The first-order valence-corrected chi connectivity index (χ1v) is 11.4. The molecular formula is C27H24BrFN2O3. The molecule has 0 bridgehead atoms. The summed E-state index contributed by atoms with van der Waals surface area (Å²) >= 11 is 3.49. The third-order valence-corrected chi connectivity index (χ3v) is 5.79. The lowest BCUT2D eigenvalue weighted by Gasteiger charge is -2.14. The lowest BCUT2D eigenvalue weighted by Crippen LogP contribution is -2.13. The number of rotatable bonds is 8. The fourth-order valence-electron chi connectivity index (χ4n) is 3.11. The Bertz CT molecular complexity index is 1260. The van der Waals surface area contributed by atoms with E-state index in [0.717, 1.165) is 16.7 Å². The monoisotopic (exact) mass is 522 g/mol. The van der Waals surface area contributed by atoms with Gasteiger partial charge in [0.1, 0.15) is 24.1 Å². The van der Waals surface area contributed by atoms with Gasteiger partial charge in [0.05, 0.1) is 6.61 Å². The summed E-state index contributed by atoms with van der Waals surface area (Å²) < 4.78 is 25.4. The lowest BCUT2D eigenvalue weighted by atomic mass is 10.1. The average Bonchev–Trinajstić information content (AvgIpc) is 2.81. The van der Waals surface area contributed by atoms with E-state index in [4.69, 9.17) is 9.47 Å². The van der Waals surface area contributed by atoms with Gasteiger partial charge in [0.25, 0.3) is 5.91 Å². The zero-order valence-corrected chi connectivity index (χ0v) is 20.7. The summed E-state index contributed by atoms with van der Waals surface area (Å²) in [7, 11) is 0. The number of benzene rings is 3. The maximum atomic E-state index is 13.1. The number of nitrogens with zero attached hydrogens (tertiary/aromatic N) is 1. The molecule has 0 unspecified atom stereocenters. The lowest BCUT2D eigenvalue weighted by molar-refractivity contribution is -0.112. The van der Waals surface area contributed by atoms with Gasteiger partial charge in [-0.15, -0.1) is 0 Å². The molecule has 1 N–H and O–H groups in total. The second-order valence-electron chi connectivity index (χ2n) is 7.59. The molecule has 3 aromatic carbocycles. The number of aryl methyl sites for hydroxylation is 2. The molecule has 0 aliphatic heterocycles. The molecule has 0 saturated heterocycles. The Labute approximate surface area is 207 Å². The fraction of sp³-hybridized carbons (Fsp3) is 0.185. The number of nitrogens with one attached hydrogen (secondary N) is 1. The highest BCUT2D eigenvalue weighted by Crippen LogP contribution is 2.35. The van der Waals surface area contributed by atoms with E-state index in [-0.39, 0.29) is 18.0 Å². The van der Waals surface area contributed by atoms with Crippen LogP contribution in [0.2, 0.25) is 0 Å². The smallest absolute Gasteiger partial charge is 0.266 e. The molecule has 0 radical (unpaired) electrons. The summed E-state index contributed by atoms with van der Waals surface area (Å²) in [6, 6.07) is 17.0.